The molecule has 1 amide bonds. The van der Waals surface area contributed by atoms with Crippen LogP contribution in [0.15, 0.2) is 42.5 Å². The number of anilines is 1. The van der Waals surface area contributed by atoms with Gasteiger partial charge in [-0.2, -0.15) is 0 Å². The van der Waals surface area contributed by atoms with Crippen LogP contribution in [0.3, 0.4) is 0 Å². The fourth-order valence-electron chi connectivity index (χ4n) is 1.77. The number of esters is 1. The molecule has 120 valence electrons. The van der Waals surface area contributed by atoms with Crippen molar-refractivity contribution >= 4 is 17.6 Å². The topological polar surface area (TPSA) is 64.6 Å². The molecule has 0 bridgehead atoms. The average Bonchev–Trinajstić information content (AvgIpc) is 2.52. The van der Waals surface area contributed by atoms with Crippen LogP contribution >= 0.6 is 0 Å². The molecule has 5 nitrogen and oxygen atoms in total. The molecule has 7 heteroatoms. The smallest absolute Gasteiger partial charge is 0.338 e. The third kappa shape index (κ3) is 4.50. The first-order chi connectivity index (χ1) is 11.0. The van der Waals surface area contributed by atoms with Crippen LogP contribution in [0.5, 0.6) is 5.75 Å². The molecule has 0 spiro atoms. The number of hydrogen-bond acceptors (Lipinski definition) is 4. The van der Waals surface area contributed by atoms with Gasteiger partial charge in [0.25, 0.3) is 5.91 Å². The van der Waals surface area contributed by atoms with Crippen LogP contribution in [-0.4, -0.2) is 25.6 Å². The molecule has 0 atom stereocenters. The van der Waals surface area contributed by atoms with Crippen LogP contribution in [0.25, 0.3) is 0 Å². The highest BCUT2D eigenvalue weighted by Crippen LogP contribution is 2.18. The number of hydrogen-bond donors (Lipinski definition) is 1. The van der Waals surface area contributed by atoms with Gasteiger partial charge < -0.3 is 14.8 Å². The Bertz CT molecular complexity index is 734. The normalized spacial score (nSPS) is 10.0. The summed E-state index contributed by atoms with van der Waals surface area (Å²) in [6, 6.07) is 8.81. The molecule has 0 aromatic heterocycles. The van der Waals surface area contributed by atoms with E-state index in [1.54, 1.807) is 0 Å². The summed E-state index contributed by atoms with van der Waals surface area (Å²) < 4.78 is 36.0. The molecule has 0 unspecified atom stereocenters. The van der Waals surface area contributed by atoms with Crippen molar-refractivity contribution in [1.82, 2.24) is 0 Å². The SMILES string of the molecule is COc1ccc(C(=O)OCC(=O)Nc2cccc(F)c2)cc1F. The van der Waals surface area contributed by atoms with Crippen molar-refractivity contribution in [3.8, 4) is 5.75 Å². The summed E-state index contributed by atoms with van der Waals surface area (Å²) in [5.74, 6) is -2.73. The number of halogens is 2. The highest BCUT2D eigenvalue weighted by molar-refractivity contribution is 5.95. The van der Waals surface area contributed by atoms with Gasteiger partial charge in [0.2, 0.25) is 0 Å². The van der Waals surface area contributed by atoms with Gasteiger partial charge in [0.1, 0.15) is 5.82 Å². The third-order valence-corrected chi connectivity index (χ3v) is 2.83. The van der Waals surface area contributed by atoms with Crippen molar-refractivity contribution in [3.05, 3.63) is 59.7 Å². The molecule has 23 heavy (non-hydrogen) atoms. The fraction of sp³-hybridized carbons (Fsp3) is 0.125. The quantitative estimate of drug-likeness (QED) is 0.860. The molecular formula is C16H13F2NO4. The highest BCUT2D eigenvalue weighted by atomic mass is 19.1. The van der Waals surface area contributed by atoms with E-state index in [4.69, 9.17) is 9.47 Å². The van der Waals surface area contributed by atoms with E-state index in [0.717, 1.165) is 12.1 Å². The lowest BCUT2D eigenvalue weighted by Gasteiger charge is -2.07. The van der Waals surface area contributed by atoms with Gasteiger partial charge in [0.05, 0.1) is 12.7 Å². The van der Waals surface area contributed by atoms with Crippen molar-refractivity contribution < 1.29 is 27.8 Å². The molecule has 0 saturated carbocycles. The van der Waals surface area contributed by atoms with Crippen molar-refractivity contribution in [2.75, 3.05) is 19.0 Å². The number of methoxy groups -OCH3 is 1. The second-order valence-electron chi connectivity index (χ2n) is 4.48. The Morgan fingerprint density at radius 2 is 1.91 bits per heavy atom. The van der Waals surface area contributed by atoms with Crippen LogP contribution in [0.1, 0.15) is 10.4 Å². The average molecular weight is 321 g/mol. The lowest BCUT2D eigenvalue weighted by Crippen LogP contribution is -2.21. The zero-order chi connectivity index (χ0) is 16.8. The lowest BCUT2D eigenvalue weighted by molar-refractivity contribution is -0.119. The van der Waals surface area contributed by atoms with Crippen LogP contribution in [0, 0.1) is 11.6 Å². The molecule has 1 N–H and O–H groups in total. The first-order valence-electron chi connectivity index (χ1n) is 6.55. The largest absolute Gasteiger partial charge is 0.494 e. The molecule has 0 aliphatic rings. The number of ether oxygens (including phenoxy) is 2. The zero-order valence-corrected chi connectivity index (χ0v) is 12.1. The van der Waals surface area contributed by atoms with E-state index < -0.39 is 30.1 Å². The summed E-state index contributed by atoms with van der Waals surface area (Å²) in [6.07, 6.45) is 0. The minimum absolute atomic E-state index is 0.00889. The summed E-state index contributed by atoms with van der Waals surface area (Å²) >= 11 is 0. The maximum absolute atomic E-state index is 13.5. The molecule has 2 aromatic rings. The minimum atomic E-state index is -0.860. The molecular weight excluding hydrogens is 308 g/mol. The summed E-state index contributed by atoms with van der Waals surface area (Å²) in [5, 5.41) is 2.37. The van der Waals surface area contributed by atoms with Gasteiger partial charge in [-0.05, 0) is 36.4 Å². The lowest BCUT2D eigenvalue weighted by atomic mass is 10.2. The Labute approximate surface area is 130 Å². The van der Waals surface area contributed by atoms with Crippen molar-refractivity contribution in [2.45, 2.75) is 0 Å². The van der Waals surface area contributed by atoms with Gasteiger partial charge in [-0.25, -0.2) is 13.6 Å². The van der Waals surface area contributed by atoms with Gasteiger partial charge in [-0.3, -0.25) is 4.79 Å². The summed E-state index contributed by atoms with van der Waals surface area (Å²) in [6.45, 7) is -0.580. The maximum atomic E-state index is 13.5. The zero-order valence-electron chi connectivity index (χ0n) is 12.1. The number of amides is 1. The molecule has 0 saturated heterocycles. The van der Waals surface area contributed by atoms with Crippen LogP contribution < -0.4 is 10.1 Å². The number of benzene rings is 2. The van der Waals surface area contributed by atoms with Crippen LogP contribution in [-0.2, 0) is 9.53 Å². The summed E-state index contributed by atoms with van der Waals surface area (Å²) in [5.41, 5.74) is 0.184. The van der Waals surface area contributed by atoms with E-state index in [0.29, 0.717) is 0 Å². The number of rotatable bonds is 5. The fourth-order valence-corrected chi connectivity index (χ4v) is 1.77. The Hall–Kier alpha value is -2.96. The third-order valence-electron chi connectivity index (χ3n) is 2.83. The van der Waals surface area contributed by atoms with E-state index >= 15 is 0 Å². The van der Waals surface area contributed by atoms with Gasteiger partial charge in [0, 0.05) is 5.69 Å². The Balaban J connectivity index is 1.91. The van der Waals surface area contributed by atoms with Crippen molar-refractivity contribution in [1.29, 1.82) is 0 Å². The van der Waals surface area contributed by atoms with Crippen molar-refractivity contribution in [2.24, 2.45) is 0 Å². The first-order valence-corrected chi connectivity index (χ1v) is 6.55. The second-order valence-corrected chi connectivity index (χ2v) is 4.48. The predicted molar refractivity (Wildman–Crippen MR) is 78.3 cm³/mol. The van der Waals surface area contributed by atoms with E-state index in [2.05, 4.69) is 5.32 Å². The van der Waals surface area contributed by atoms with E-state index in [1.165, 1.54) is 37.4 Å². The van der Waals surface area contributed by atoms with Crippen molar-refractivity contribution in [3.63, 3.8) is 0 Å². The van der Waals surface area contributed by atoms with E-state index in [-0.39, 0.29) is 17.0 Å². The summed E-state index contributed by atoms with van der Waals surface area (Å²) in [4.78, 5) is 23.4. The van der Waals surface area contributed by atoms with Crippen LogP contribution in [0.2, 0.25) is 0 Å². The second kappa shape index (κ2) is 7.35. The number of nitrogens with one attached hydrogen (secondary N) is 1. The molecule has 2 aromatic carbocycles. The minimum Gasteiger partial charge on any atom is -0.494 e. The molecule has 0 aliphatic heterocycles. The predicted octanol–water partition coefficient (Wildman–Crippen LogP) is 2.77. The number of carbonyl (C=O) groups is 2. The first kappa shape index (κ1) is 16.4. The molecule has 0 aliphatic carbocycles. The standard InChI is InChI=1S/C16H13F2NO4/c1-22-14-6-5-10(7-13(14)18)16(21)23-9-15(20)19-12-4-2-3-11(17)8-12/h2-8H,9H2,1H3,(H,19,20). The van der Waals surface area contributed by atoms with Gasteiger partial charge in [-0.1, -0.05) is 6.07 Å². The Kier molecular flexibility index (Phi) is 5.24. The Morgan fingerprint density at radius 3 is 2.57 bits per heavy atom. The van der Waals surface area contributed by atoms with Crippen LogP contribution in [0.4, 0.5) is 14.5 Å². The number of carbonyl (C=O) groups excluding carboxylic acids is 2. The molecule has 0 fully saturated rings. The Morgan fingerprint density at radius 1 is 1.13 bits per heavy atom. The molecule has 2 rings (SSSR count). The molecule has 0 radical (unpaired) electrons. The van der Waals surface area contributed by atoms with E-state index in [9.17, 15) is 18.4 Å². The highest BCUT2D eigenvalue weighted by Gasteiger charge is 2.13. The van der Waals surface area contributed by atoms with Gasteiger partial charge in [0.15, 0.2) is 18.2 Å². The summed E-state index contributed by atoms with van der Waals surface area (Å²) in [7, 11) is 1.30. The van der Waals surface area contributed by atoms with Gasteiger partial charge in [-0.15, -0.1) is 0 Å². The van der Waals surface area contributed by atoms with Gasteiger partial charge >= 0.3 is 5.97 Å². The van der Waals surface area contributed by atoms with E-state index in [1.807, 2.05) is 0 Å². The molecule has 0 heterocycles. The monoisotopic (exact) mass is 321 g/mol. The maximum Gasteiger partial charge on any atom is 0.338 e.